The number of thiazole rings is 1. The molecule has 0 saturated heterocycles. The summed E-state index contributed by atoms with van der Waals surface area (Å²) < 4.78 is 0.923. The predicted octanol–water partition coefficient (Wildman–Crippen LogP) is 3.37. The number of nitrogens with zero attached hydrogens (tertiary/aromatic N) is 4. The van der Waals surface area contributed by atoms with Crippen molar-refractivity contribution in [3.63, 3.8) is 0 Å². The normalized spacial score (nSPS) is 13.0. The third kappa shape index (κ3) is 3.52. The van der Waals surface area contributed by atoms with Gasteiger partial charge in [-0.05, 0) is 42.5 Å². The number of hydrogen-bond donors (Lipinski definition) is 1. The highest BCUT2D eigenvalue weighted by Crippen LogP contribution is 2.33. The van der Waals surface area contributed by atoms with E-state index in [-0.39, 0.29) is 5.91 Å². The zero-order valence-corrected chi connectivity index (χ0v) is 16.3. The zero-order valence-electron chi connectivity index (χ0n) is 14.7. The van der Waals surface area contributed by atoms with E-state index in [0.29, 0.717) is 11.4 Å². The molecule has 0 radical (unpaired) electrons. The van der Waals surface area contributed by atoms with Crippen molar-refractivity contribution in [3.8, 4) is 0 Å². The summed E-state index contributed by atoms with van der Waals surface area (Å²) in [6.07, 6.45) is 4.96. The van der Waals surface area contributed by atoms with Crippen LogP contribution in [0.15, 0.2) is 29.6 Å². The summed E-state index contributed by atoms with van der Waals surface area (Å²) >= 11 is 2.95. The van der Waals surface area contributed by atoms with E-state index in [4.69, 9.17) is 0 Å². The Hall–Kier alpha value is -2.19. The van der Waals surface area contributed by atoms with Gasteiger partial charge in [-0.3, -0.25) is 4.79 Å². The molecule has 134 valence electrons. The van der Waals surface area contributed by atoms with E-state index in [1.807, 2.05) is 25.1 Å². The molecule has 8 heteroatoms. The summed E-state index contributed by atoms with van der Waals surface area (Å²) in [6, 6.07) is 6.21. The highest BCUT2D eigenvalue weighted by Gasteiger charge is 2.15. The third-order valence-corrected chi connectivity index (χ3v) is 6.59. The van der Waals surface area contributed by atoms with Crippen LogP contribution in [-0.4, -0.2) is 40.7 Å². The van der Waals surface area contributed by atoms with E-state index < -0.39 is 0 Å². The molecular formula is C18H19N5OS2. The number of amides is 1. The molecule has 0 aliphatic heterocycles. The van der Waals surface area contributed by atoms with Gasteiger partial charge in [-0.25, -0.2) is 9.97 Å². The fourth-order valence-corrected chi connectivity index (χ4v) is 4.81. The second kappa shape index (κ2) is 7.20. The number of aryl methyl sites for hydroxylation is 2. The quantitative estimate of drug-likeness (QED) is 0.536. The SMILES string of the molecule is CN(C)c1nc2ncnc(SCC(=O)Nc3ccc4c(c3)CCC4)c2s1. The molecule has 4 rings (SSSR count). The molecule has 1 amide bonds. The van der Waals surface area contributed by atoms with Crippen LogP contribution in [0.2, 0.25) is 0 Å². The molecule has 26 heavy (non-hydrogen) atoms. The van der Waals surface area contributed by atoms with Crippen LogP contribution in [0, 0.1) is 0 Å². The number of fused-ring (bicyclic) bond motifs is 2. The van der Waals surface area contributed by atoms with E-state index in [0.717, 1.165) is 33.4 Å². The Morgan fingerprint density at radius 3 is 2.96 bits per heavy atom. The summed E-state index contributed by atoms with van der Waals surface area (Å²) in [4.78, 5) is 27.3. The van der Waals surface area contributed by atoms with Gasteiger partial charge in [-0.1, -0.05) is 29.2 Å². The van der Waals surface area contributed by atoms with Crippen LogP contribution in [-0.2, 0) is 17.6 Å². The van der Waals surface area contributed by atoms with Gasteiger partial charge < -0.3 is 10.2 Å². The zero-order chi connectivity index (χ0) is 18.1. The first-order chi connectivity index (χ1) is 12.6. The Morgan fingerprint density at radius 1 is 1.27 bits per heavy atom. The second-order valence-corrected chi connectivity index (χ2v) is 8.34. The van der Waals surface area contributed by atoms with E-state index in [9.17, 15) is 4.79 Å². The maximum Gasteiger partial charge on any atom is 0.234 e. The topological polar surface area (TPSA) is 71.0 Å². The van der Waals surface area contributed by atoms with Gasteiger partial charge in [0, 0.05) is 19.8 Å². The monoisotopic (exact) mass is 385 g/mol. The van der Waals surface area contributed by atoms with Gasteiger partial charge in [0.1, 0.15) is 16.1 Å². The van der Waals surface area contributed by atoms with Crippen molar-refractivity contribution >= 4 is 50.2 Å². The van der Waals surface area contributed by atoms with Crippen molar-refractivity contribution in [1.29, 1.82) is 0 Å². The summed E-state index contributed by atoms with van der Waals surface area (Å²) in [5.41, 5.74) is 4.31. The van der Waals surface area contributed by atoms with Crippen LogP contribution in [0.4, 0.5) is 10.8 Å². The maximum atomic E-state index is 12.3. The lowest BCUT2D eigenvalue weighted by Crippen LogP contribution is -2.14. The van der Waals surface area contributed by atoms with Gasteiger partial charge in [-0.15, -0.1) is 0 Å². The van der Waals surface area contributed by atoms with Gasteiger partial charge in [-0.2, -0.15) is 4.98 Å². The number of nitrogens with one attached hydrogen (secondary N) is 1. The first-order valence-electron chi connectivity index (χ1n) is 8.43. The lowest BCUT2D eigenvalue weighted by Gasteiger charge is -2.07. The van der Waals surface area contributed by atoms with Crippen LogP contribution < -0.4 is 10.2 Å². The highest BCUT2D eigenvalue weighted by atomic mass is 32.2. The van der Waals surface area contributed by atoms with Crippen molar-refractivity contribution in [2.75, 3.05) is 30.1 Å². The molecule has 0 bridgehead atoms. The summed E-state index contributed by atoms with van der Waals surface area (Å²) in [6.45, 7) is 0. The maximum absolute atomic E-state index is 12.3. The first kappa shape index (κ1) is 17.2. The van der Waals surface area contributed by atoms with E-state index >= 15 is 0 Å². The lowest BCUT2D eigenvalue weighted by atomic mass is 10.1. The number of anilines is 2. The Morgan fingerprint density at radius 2 is 2.12 bits per heavy atom. The average molecular weight is 386 g/mol. The molecule has 2 heterocycles. The number of rotatable bonds is 5. The molecule has 2 aromatic heterocycles. The van der Waals surface area contributed by atoms with Crippen molar-refractivity contribution < 1.29 is 4.79 Å². The van der Waals surface area contributed by atoms with Crippen LogP contribution in [0.1, 0.15) is 17.5 Å². The standard InChI is InChI=1S/C18H19N5OS2/c1-23(2)18-22-16-15(26-18)17(20-10-19-16)25-9-14(24)21-13-7-6-11-4-3-5-12(11)8-13/h6-8,10H,3-5,9H2,1-2H3,(H,21,24). The highest BCUT2D eigenvalue weighted by molar-refractivity contribution is 8.00. The van der Waals surface area contributed by atoms with Crippen LogP contribution in [0.25, 0.3) is 10.3 Å². The van der Waals surface area contributed by atoms with Gasteiger partial charge in [0.25, 0.3) is 0 Å². The third-order valence-electron chi connectivity index (χ3n) is 4.25. The van der Waals surface area contributed by atoms with Crippen LogP contribution >= 0.6 is 23.1 Å². The number of benzene rings is 1. The van der Waals surface area contributed by atoms with Crippen LogP contribution in [0.3, 0.4) is 0 Å². The average Bonchev–Trinajstić information content (AvgIpc) is 3.26. The lowest BCUT2D eigenvalue weighted by molar-refractivity contribution is -0.113. The summed E-state index contributed by atoms with van der Waals surface area (Å²) in [7, 11) is 3.89. The van der Waals surface area contributed by atoms with E-state index in [2.05, 4.69) is 32.4 Å². The van der Waals surface area contributed by atoms with Gasteiger partial charge in [0.15, 0.2) is 10.8 Å². The molecule has 0 atom stereocenters. The fourth-order valence-electron chi connectivity index (χ4n) is 3.00. The smallest absolute Gasteiger partial charge is 0.234 e. The van der Waals surface area contributed by atoms with Crippen molar-refractivity contribution in [2.45, 2.75) is 24.3 Å². The number of aromatic nitrogens is 3. The molecule has 0 spiro atoms. The molecule has 0 unspecified atom stereocenters. The minimum absolute atomic E-state index is 0.0305. The minimum Gasteiger partial charge on any atom is -0.354 e. The predicted molar refractivity (Wildman–Crippen MR) is 107 cm³/mol. The Bertz CT molecular complexity index is 969. The Balaban J connectivity index is 1.43. The molecule has 1 aromatic carbocycles. The van der Waals surface area contributed by atoms with Gasteiger partial charge in [0.05, 0.1) is 5.75 Å². The molecule has 0 saturated carbocycles. The molecule has 1 aliphatic carbocycles. The summed E-state index contributed by atoms with van der Waals surface area (Å²) in [5, 5.41) is 4.67. The van der Waals surface area contributed by atoms with Crippen molar-refractivity contribution in [1.82, 2.24) is 15.0 Å². The Kier molecular flexibility index (Phi) is 4.78. The molecular weight excluding hydrogens is 366 g/mol. The molecule has 1 aliphatic rings. The second-order valence-electron chi connectivity index (χ2n) is 6.40. The van der Waals surface area contributed by atoms with Gasteiger partial charge in [0.2, 0.25) is 5.91 Å². The number of hydrogen-bond acceptors (Lipinski definition) is 7. The number of carbonyl (C=O) groups excluding carboxylic acids is 1. The van der Waals surface area contributed by atoms with Gasteiger partial charge >= 0.3 is 0 Å². The summed E-state index contributed by atoms with van der Waals surface area (Å²) in [5.74, 6) is 0.273. The van der Waals surface area contributed by atoms with Crippen LogP contribution in [0.5, 0.6) is 0 Å². The largest absolute Gasteiger partial charge is 0.354 e. The van der Waals surface area contributed by atoms with Crippen molar-refractivity contribution in [3.05, 3.63) is 35.7 Å². The molecule has 3 aromatic rings. The van der Waals surface area contributed by atoms with Crippen molar-refractivity contribution in [2.24, 2.45) is 0 Å². The first-order valence-corrected chi connectivity index (χ1v) is 10.2. The molecule has 1 N–H and O–H groups in total. The Labute approximate surface area is 160 Å². The number of thioether (sulfide) groups is 1. The minimum atomic E-state index is -0.0305. The molecule has 6 nitrogen and oxygen atoms in total. The molecule has 0 fully saturated rings. The van der Waals surface area contributed by atoms with E-state index in [1.54, 1.807) is 0 Å². The van der Waals surface area contributed by atoms with E-state index in [1.165, 1.54) is 47.0 Å². The number of carbonyl (C=O) groups is 1. The fraction of sp³-hybridized carbons (Fsp3) is 0.333.